The van der Waals surface area contributed by atoms with Gasteiger partial charge in [0.1, 0.15) is 0 Å². The van der Waals surface area contributed by atoms with Gasteiger partial charge in [0.25, 0.3) is 0 Å². The van der Waals surface area contributed by atoms with E-state index in [0.717, 1.165) is 24.3 Å². The third kappa shape index (κ3) is 12.4. The molecule has 0 fully saturated rings. The van der Waals surface area contributed by atoms with Gasteiger partial charge in [-0.25, -0.2) is 0 Å². The van der Waals surface area contributed by atoms with Crippen molar-refractivity contribution in [2.75, 3.05) is 14.1 Å². The lowest BCUT2D eigenvalue weighted by Gasteiger charge is -2.10. The minimum absolute atomic E-state index is 0.137. The Kier molecular flexibility index (Phi) is 14.9. The van der Waals surface area contributed by atoms with E-state index in [9.17, 15) is 4.79 Å². The first-order chi connectivity index (χ1) is 11.6. The Hall–Kier alpha value is -1.00. The molecule has 0 aliphatic heterocycles. The van der Waals surface area contributed by atoms with Crippen LogP contribution in [0.1, 0.15) is 71.3 Å². The molecule has 0 heterocycles. The highest BCUT2D eigenvalue weighted by molar-refractivity contribution is 7.98. The topological polar surface area (TPSA) is 32.3 Å². The van der Waals surface area contributed by atoms with Crippen LogP contribution in [0.25, 0.3) is 0 Å². The predicted molar refractivity (Wildman–Crippen MR) is 107 cm³/mol. The largest absolute Gasteiger partial charge is 0.305 e. The van der Waals surface area contributed by atoms with Gasteiger partial charge in [-0.05, 0) is 50.2 Å². The Morgan fingerprint density at radius 1 is 1.00 bits per heavy atom. The van der Waals surface area contributed by atoms with Crippen LogP contribution in [0.2, 0.25) is 0 Å². The number of hydrogen-bond donors (Lipinski definition) is 1. The summed E-state index contributed by atoms with van der Waals surface area (Å²) in [5, 5.41) is 0. The zero-order chi connectivity index (χ0) is 18.2. The molecule has 0 saturated carbocycles. The number of carbonyl (C=O) groups excluding carboxylic acids is 1. The van der Waals surface area contributed by atoms with Crippen molar-refractivity contribution in [3.05, 3.63) is 29.8 Å². The molecule has 4 heteroatoms. The number of carbonyl (C=O) groups is 1. The third-order valence-electron chi connectivity index (χ3n) is 3.46. The fraction of sp³-hybridized carbons (Fsp3) is 0.650. The molecule has 0 bridgehead atoms. The molecule has 0 unspecified atom stereocenters. The molecule has 1 N–H and O–H groups in total. The van der Waals surface area contributed by atoms with E-state index in [-0.39, 0.29) is 5.91 Å². The van der Waals surface area contributed by atoms with Gasteiger partial charge in [-0.15, -0.1) is 0 Å². The molecule has 0 radical (unpaired) electrons. The summed E-state index contributed by atoms with van der Waals surface area (Å²) in [5.41, 5.74) is 1.28. The molecular formula is C20H36N2OS. The monoisotopic (exact) mass is 352 g/mol. The van der Waals surface area contributed by atoms with Crippen LogP contribution in [0.5, 0.6) is 0 Å². The minimum atomic E-state index is 0.137. The average molecular weight is 353 g/mol. The van der Waals surface area contributed by atoms with Gasteiger partial charge in [-0.3, -0.25) is 9.52 Å². The van der Waals surface area contributed by atoms with Crippen LogP contribution in [0.4, 0.5) is 0 Å². The van der Waals surface area contributed by atoms with E-state index < -0.39 is 0 Å². The highest BCUT2D eigenvalue weighted by atomic mass is 32.2. The van der Waals surface area contributed by atoms with Gasteiger partial charge in [0.2, 0.25) is 5.91 Å². The van der Waals surface area contributed by atoms with E-state index in [0.29, 0.717) is 6.42 Å². The molecule has 0 atom stereocenters. The van der Waals surface area contributed by atoms with E-state index in [2.05, 4.69) is 54.9 Å². The van der Waals surface area contributed by atoms with Gasteiger partial charge in [0.05, 0.1) is 0 Å². The molecule has 0 aliphatic rings. The van der Waals surface area contributed by atoms with Crippen molar-refractivity contribution in [3.63, 3.8) is 0 Å². The maximum absolute atomic E-state index is 11.8. The predicted octanol–water partition coefficient (Wildman–Crippen LogP) is 5.65. The minimum Gasteiger partial charge on any atom is -0.305 e. The molecular weight excluding hydrogens is 316 g/mol. The summed E-state index contributed by atoms with van der Waals surface area (Å²) < 4.78 is 2.93. The van der Waals surface area contributed by atoms with Gasteiger partial charge in [-0.2, -0.15) is 0 Å². The average Bonchev–Trinajstić information content (AvgIpc) is 2.58. The summed E-state index contributed by atoms with van der Waals surface area (Å²) >= 11 is 1.41. The summed E-state index contributed by atoms with van der Waals surface area (Å²) in [4.78, 5) is 15.0. The fourth-order valence-electron chi connectivity index (χ4n) is 2.26. The van der Waals surface area contributed by atoms with E-state index in [1.54, 1.807) is 0 Å². The van der Waals surface area contributed by atoms with Crippen molar-refractivity contribution in [1.29, 1.82) is 0 Å². The number of rotatable bonds is 11. The van der Waals surface area contributed by atoms with Gasteiger partial charge >= 0.3 is 0 Å². The first-order valence-corrected chi connectivity index (χ1v) is 10.1. The Bertz CT molecular complexity index is 418. The molecule has 0 saturated heterocycles. The van der Waals surface area contributed by atoms with Gasteiger partial charge < -0.3 is 4.90 Å². The Balaban J connectivity index is 0.00000254. The SMILES string of the molecule is CC.CCCCCCCCC(=O)NSc1ccc(CN(C)C)cc1. The molecule has 3 nitrogen and oxygen atoms in total. The van der Waals surface area contributed by atoms with Crippen molar-refractivity contribution in [3.8, 4) is 0 Å². The molecule has 1 rings (SSSR count). The van der Waals surface area contributed by atoms with Crippen LogP contribution < -0.4 is 4.72 Å². The van der Waals surface area contributed by atoms with Crippen LogP contribution in [-0.4, -0.2) is 24.9 Å². The zero-order valence-corrected chi connectivity index (χ0v) is 17.0. The highest BCUT2D eigenvalue weighted by Gasteiger charge is 2.03. The lowest BCUT2D eigenvalue weighted by atomic mass is 10.1. The van der Waals surface area contributed by atoms with E-state index >= 15 is 0 Å². The maximum atomic E-state index is 11.8. The molecule has 0 spiro atoms. The van der Waals surface area contributed by atoms with Crippen molar-refractivity contribution < 1.29 is 4.79 Å². The van der Waals surface area contributed by atoms with Gasteiger partial charge in [0.15, 0.2) is 0 Å². The summed E-state index contributed by atoms with van der Waals surface area (Å²) in [6, 6.07) is 8.35. The number of nitrogens with zero attached hydrogens (tertiary/aromatic N) is 1. The van der Waals surface area contributed by atoms with E-state index in [1.165, 1.54) is 43.2 Å². The summed E-state index contributed by atoms with van der Waals surface area (Å²) in [7, 11) is 4.12. The van der Waals surface area contributed by atoms with E-state index in [4.69, 9.17) is 0 Å². The second-order valence-electron chi connectivity index (χ2n) is 6.03. The summed E-state index contributed by atoms with van der Waals surface area (Å²) in [5.74, 6) is 0.137. The van der Waals surface area contributed by atoms with Crippen LogP contribution in [0, 0.1) is 0 Å². The standard InChI is InChI=1S/C18H30N2OS.C2H6/c1-4-5-6-7-8-9-10-18(21)19-22-17-13-11-16(12-14-17)15-20(2)3;1-2/h11-14H,4-10,15H2,1-3H3,(H,19,21);1-2H3. The van der Waals surface area contributed by atoms with Crippen LogP contribution in [-0.2, 0) is 11.3 Å². The van der Waals surface area contributed by atoms with Crippen LogP contribution in [0.15, 0.2) is 29.2 Å². The highest BCUT2D eigenvalue weighted by Crippen LogP contribution is 2.16. The Morgan fingerprint density at radius 3 is 2.17 bits per heavy atom. The molecule has 1 aromatic rings. The third-order valence-corrected chi connectivity index (χ3v) is 4.30. The number of hydrogen-bond acceptors (Lipinski definition) is 3. The smallest absolute Gasteiger partial charge is 0.230 e. The molecule has 1 aromatic carbocycles. The number of amides is 1. The quantitative estimate of drug-likeness (QED) is 0.413. The Morgan fingerprint density at radius 2 is 1.58 bits per heavy atom. The van der Waals surface area contributed by atoms with Crippen molar-refractivity contribution >= 4 is 17.9 Å². The number of unbranched alkanes of at least 4 members (excludes halogenated alkanes) is 5. The second kappa shape index (κ2) is 15.5. The van der Waals surface area contributed by atoms with Crippen molar-refractivity contribution in [1.82, 2.24) is 9.62 Å². The van der Waals surface area contributed by atoms with E-state index in [1.807, 2.05) is 13.8 Å². The van der Waals surface area contributed by atoms with Crippen molar-refractivity contribution in [2.45, 2.75) is 77.2 Å². The fourth-order valence-corrected chi connectivity index (χ4v) is 2.87. The number of benzene rings is 1. The summed E-state index contributed by atoms with van der Waals surface area (Å²) in [6.07, 6.45) is 7.93. The molecule has 24 heavy (non-hydrogen) atoms. The summed E-state index contributed by atoms with van der Waals surface area (Å²) in [6.45, 7) is 7.16. The molecule has 0 aromatic heterocycles. The molecule has 1 amide bonds. The van der Waals surface area contributed by atoms with Crippen LogP contribution in [0.3, 0.4) is 0 Å². The lowest BCUT2D eigenvalue weighted by molar-refractivity contribution is -0.119. The van der Waals surface area contributed by atoms with Crippen LogP contribution >= 0.6 is 11.9 Å². The maximum Gasteiger partial charge on any atom is 0.230 e. The van der Waals surface area contributed by atoms with Gasteiger partial charge in [-0.1, -0.05) is 65.0 Å². The lowest BCUT2D eigenvalue weighted by Crippen LogP contribution is -2.15. The van der Waals surface area contributed by atoms with Crippen molar-refractivity contribution in [2.24, 2.45) is 0 Å². The normalized spacial score (nSPS) is 10.2. The van der Waals surface area contributed by atoms with Gasteiger partial charge in [0, 0.05) is 17.9 Å². The number of nitrogens with one attached hydrogen (secondary N) is 1. The molecule has 138 valence electrons. The molecule has 0 aliphatic carbocycles. The first kappa shape index (κ1) is 23.0. The zero-order valence-electron chi connectivity index (χ0n) is 16.2. The Labute approximate surface area is 153 Å². The second-order valence-corrected chi connectivity index (χ2v) is 6.91. The first-order valence-electron chi connectivity index (χ1n) is 9.31.